The van der Waals surface area contributed by atoms with E-state index in [4.69, 9.17) is 11.6 Å². The molecule has 0 saturated carbocycles. The van der Waals surface area contributed by atoms with E-state index < -0.39 is 6.10 Å². The third-order valence-corrected chi connectivity index (χ3v) is 2.42. The van der Waals surface area contributed by atoms with Gasteiger partial charge in [0, 0.05) is 5.02 Å². The van der Waals surface area contributed by atoms with Gasteiger partial charge in [-0.15, -0.1) is 0 Å². The van der Waals surface area contributed by atoms with E-state index >= 15 is 0 Å². The fourth-order valence-corrected chi connectivity index (χ4v) is 1.56. The first kappa shape index (κ1) is 10.6. The van der Waals surface area contributed by atoms with Crippen LogP contribution in [0.4, 0.5) is 0 Å². The zero-order valence-corrected chi connectivity index (χ0v) is 8.97. The van der Waals surface area contributed by atoms with Gasteiger partial charge in [0.05, 0.1) is 6.10 Å². The van der Waals surface area contributed by atoms with Gasteiger partial charge >= 0.3 is 0 Å². The molecule has 72 valence electrons. The number of halogens is 1. The maximum absolute atomic E-state index is 9.83. The molecule has 13 heavy (non-hydrogen) atoms. The van der Waals surface area contributed by atoms with E-state index in [2.05, 4.69) is 0 Å². The largest absolute Gasteiger partial charge is 0.388 e. The lowest BCUT2D eigenvalue weighted by Gasteiger charge is -2.17. The lowest BCUT2D eigenvalue weighted by Crippen LogP contribution is -2.06. The molecule has 0 fully saturated rings. The Kier molecular flexibility index (Phi) is 3.34. The number of aliphatic hydroxyl groups excluding tert-OH is 1. The summed E-state index contributed by atoms with van der Waals surface area (Å²) in [5.74, 6) is 0.236. The van der Waals surface area contributed by atoms with E-state index in [1.807, 2.05) is 39.0 Å². The Balaban J connectivity index is 3.01. The molecule has 0 aliphatic carbocycles. The molecule has 0 spiro atoms. The van der Waals surface area contributed by atoms with Crippen molar-refractivity contribution in [3.05, 3.63) is 34.3 Å². The van der Waals surface area contributed by atoms with Crippen molar-refractivity contribution in [3.8, 4) is 0 Å². The summed E-state index contributed by atoms with van der Waals surface area (Å²) < 4.78 is 0. The molecule has 1 unspecified atom stereocenters. The average Bonchev–Trinajstić information content (AvgIpc) is 2.03. The average molecular weight is 199 g/mol. The van der Waals surface area contributed by atoms with Crippen molar-refractivity contribution in [1.29, 1.82) is 0 Å². The van der Waals surface area contributed by atoms with Crippen LogP contribution in [0.25, 0.3) is 0 Å². The number of hydrogen-bond donors (Lipinski definition) is 1. The molecular weight excluding hydrogens is 184 g/mol. The van der Waals surface area contributed by atoms with E-state index in [9.17, 15) is 5.11 Å². The van der Waals surface area contributed by atoms with E-state index in [-0.39, 0.29) is 5.92 Å². The quantitative estimate of drug-likeness (QED) is 0.773. The van der Waals surface area contributed by atoms with Crippen molar-refractivity contribution in [1.82, 2.24) is 0 Å². The standard InChI is InChI=1S/C11H15ClO/c1-7(2)11(13)10-5-4-9(12)6-8(10)3/h4-7,11,13H,1-3H3. The number of aliphatic hydroxyl groups is 1. The van der Waals surface area contributed by atoms with Gasteiger partial charge < -0.3 is 5.11 Å². The van der Waals surface area contributed by atoms with Crippen LogP contribution in [0.2, 0.25) is 5.02 Å². The predicted octanol–water partition coefficient (Wildman–Crippen LogP) is 3.34. The molecule has 1 N–H and O–H groups in total. The first-order chi connectivity index (χ1) is 6.02. The Labute approximate surface area is 84.4 Å². The summed E-state index contributed by atoms with van der Waals surface area (Å²) in [6.07, 6.45) is -0.391. The van der Waals surface area contributed by atoms with E-state index in [0.717, 1.165) is 16.1 Å². The van der Waals surface area contributed by atoms with Crippen molar-refractivity contribution < 1.29 is 5.11 Å². The van der Waals surface area contributed by atoms with Crippen LogP contribution in [0.3, 0.4) is 0 Å². The van der Waals surface area contributed by atoms with Crippen LogP contribution in [0, 0.1) is 12.8 Å². The number of rotatable bonds is 2. The van der Waals surface area contributed by atoms with Crippen molar-refractivity contribution >= 4 is 11.6 Å². The van der Waals surface area contributed by atoms with Crippen LogP contribution < -0.4 is 0 Å². The smallest absolute Gasteiger partial charge is 0.0815 e. The summed E-state index contributed by atoms with van der Waals surface area (Å²) in [6.45, 7) is 5.96. The second-order valence-electron chi connectivity index (χ2n) is 3.69. The highest BCUT2D eigenvalue weighted by Gasteiger charge is 2.13. The van der Waals surface area contributed by atoms with Crippen LogP contribution in [0.15, 0.2) is 18.2 Å². The van der Waals surface area contributed by atoms with Gasteiger partial charge in [0.2, 0.25) is 0 Å². The highest BCUT2D eigenvalue weighted by molar-refractivity contribution is 6.30. The van der Waals surface area contributed by atoms with Crippen molar-refractivity contribution in [2.75, 3.05) is 0 Å². The van der Waals surface area contributed by atoms with Crippen LogP contribution in [0.1, 0.15) is 31.1 Å². The highest BCUT2D eigenvalue weighted by atomic mass is 35.5. The van der Waals surface area contributed by atoms with Crippen LogP contribution in [-0.4, -0.2) is 5.11 Å². The second kappa shape index (κ2) is 4.12. The first-order valence-electron chi connectivity index (χ1n) is 4.46. The summed E-state index contributed by atoms with van der Waals surface area (Å²) in [5.41, 5.74) is 2.02. The Bertz CT molecular complexity index is 294. The summed E-state index contributed by atoms with van der Waals surface area (Å²) in [5, 5.41) is 10.5. The summed E-state index contributed by atoms with van der Waals surface area (Å²) in [7, 11) is 0. The fourth-order valence-electron chi connectivity index (χ4n) is 1.33. The fraction of sp³-hybridized carbons (Fsp3) is 0.455. The lowest BCUT2D eigenvalue weighted by molar-refractivity contribution is 0.126. The molecule has 0 aromatic heterocycles. The Morgan fingerprint density at radius 2 is 1.92 bits per heavy atom. The molecule has 0 saturated heterocycles. The van der Waals surface area contributed by atoms with Crippen LogP contribution in [0.5, 0.6) is 0 Å². The first-order valence-corrected chi connectivity index (χ1v) is 4.84. The predicted molar refractivity (Wildman–Crippen MR) is 56.0 cm³/mol. The van der Waals surface area contributed by atoms with Gasteiger partial charge in [-0.05, 0) is 36.1 Å². The van der Waals surface area contributed by atoms with Gasteiger partial charge in [-0.3, -0.25) is 0 Å². The van der Waals surface area contributed by atoms with Crippen LogP contribution >= 0.6 is 11.6 Å². The molecule has 0 radical (unpaired) electrons. The zero-order chi connectivity index (χ0) is 10.0. The Morgan fingerprint density at radius 3 is 2.38 bits per heavy atom. The normalized spacial score (nSPS) is 13.4. The summed E-state index contributed by atoms with van der Waals surface area (Å²) in [4.78, 5) is 0. The van der Waals surface area contributed by atoms with Gasteiger partial charge in [0.1, 0.15) is 0 Å². The molecule has 1 nitrogen and oxygen atoms in total. The van der Waals surface area contributed by atoms with Crippen molar-refractivity contribution in [2.45, 2.75) is 26.9 Å². The second-order valence-corrected chi connectivity index (χ2v) is 4.13. The molecule has 1 aromatic carbocycles. The molecule has 0 bridgehead atoms. The van der Waals surface area contributed by atoms with E-state index in [1.165, 1.54) is 0 Å². The summed E-state index contributed by atoms with van der Waals surface area (Å²) >= 11 is 5.82. The van der Waals surface area contributed by atoms with Gasteiger partial charge in [-0.2, -0.15) is 0 Å². The third-order valence-electron chi connectivity index (χ3n) is 2.18. The molecule has 0 heterocycles. The molecule has 0 aliphatic rings. The maximum atomic E-state index is 9.83. The van der Waals surface area contributed by atoms with Crippen LogP contribution in [-0.2, 0) is 0 Å². The molecule has 0 amide bonds. The Morgan fingerprint density at radius 1 is 1.31 bits per heavy atom. The number of hydrogen-bond acceptors (Lipinski definition) is 1. The van der Waals surface area contributed by atoms with Crippen molar-refractivity contribution in [2.24, 2.45) is 5.92 Å². The minimum absolute atomic E-state index is 0.236. The third kappa shape index (κ3) is 2.45. The molecule has 0 aliphatic heterocycles. The van der Waals surface area contributed by atoms with Gasteiger partial charge in [-0.25, -0.2) is 0 Å². The van der Waals surface area contributed by atoms with Crippen molar-refractivity contribution in [3.63, 3.8) is 0 Å². The minimum Gasteiger partial charge on any atom is -0.388 e. The monoisotopic (exact) mass is 198 g/mol. The number of benzene rings is 1. The molecule has 1 aromatic rings. The minimum atomic E-state index is -0.391. The van der Waals surface area contributed by atoms with E-state index in [0.29, 0.717) is 0 Å². The molecular formula is C11H15ClO. The molecule has 1 atom stereocenters. The lowest BCUT2D eigenvalue weighted by atomic mass is 9.95. The SMILES string of the molecule is Cc1cc(Cl)ccc1C(O)C(C)C. The van der Waals surface area contributed by atoms with E-state index in [1.54, 1.807) is 0 Å². The summed E-state index contributed by atoms with van der Waals surface area (Å²) in [6, 6.07) is 5.58. The topological polar surface area (TPSA) is 20.2 Å². The van der Waals surface area contributed by atoms with Gasteiger partial charge in [0.15, 0.2) is 0 Å². The van der Waals surface area contributed by atoms with Gasteiger partial charge in [-0.1, -0.05) is 31.5 Å². The Hall–Kier alpha value is -0.530. The van der Waals surface area contributed by atoms with Gasteiger partial charge in [0.25, 0.3) is 0 Å². The highest BCUT2D eigenvalue weighted by Crippen LogP contribution is 2.26. The number of aryl methyl sites for hydroxylation is 1. The zero-order valence-electron chi connectivity index (χ0n) is 8.21. The molecule has 2 heteroatoms. The molecule has 1 rings (SSSR count). The maximum Gasteiger partial charge on any atom is 0.0815 e.